The second-order valence-electron chi connectivity index (χ2n) is 5.63. The summed E-state index contributed by atoms with van der Waals surface area (Å²) in [5.74, 6) is 0.590. The molecule has 1 saturated carbocycles. The molecule has 5 nitrogen and oxygen atoms in total. The summed E-state index contributed by atoms with van der Waals surface area (Å²) in [5, 5.41) is 13.8. The molecule has 5 heteroatoms. The predicted octanol–water partition coefficient (Wildman–Crippen LogP) is 2.21. The van der Waals surface area contributed by atoms with E-state index in [9.17, 15) is 9.90 Å². The van der Waals surface area contributed by atoms with Crippen molar-refractivity contribution in [2.75, 3.05) is 13.2 Å². The molecule has 112 valence electrons. The minimum absolute atomic E-state index is 0.190. The Balaban J connectivity index is 1.72. The van der Waals surface area contributed by atoms with E-state index in [4.69, 9.17) is 4.74 Å². The second-order valence-corrected chi connectivity index (χ2v) is 5.63. The van der Waals surface area contributed by atoms with Crippen molar-refractivity contribution in [1.82, 2.24) is 10.3 Å². The molecule has 0 bridgehead atoms. The van der Waals surface area contributed by atoms with E-state index in [0.29, 0.717) is 18.8 Å². The van der Waals surface area contributed by atoms with Crippen molar-refractivity contribution in [2.45, 2.75) is 31.8 Å². The van der Waals surface area contributed by atoms with Crippen LogP contribution in [0.5, 0.6) is 5.75 Å². The molecule has 0 aliphatic heterocycles. The minimum atomic E-state index is -0.705. The average Bonchev–Trinajstić information content (AvgIpc) is 2.86. The van der Waals surface area contributed by atoms with Crippen molar-refractivity contribution in [3.8, 4) is 5.75 Å². The third-order valence-electron chi connectivity index (χ3n) is 4.01. The van der Waals surface area contributed by atoms with Crippen LogP contribution in [0.15, 0.2) is 24.3 Å². The van der Waals surface area contributed by atoms with E-state index in [1.807, 2.05) is 31.2 Å². The van der Waals surface area contributed by atoms with Gasteiger partial charge in [-0.1, -0.05) is 0 Å². The maximum atomic E-state index is 12.1. The molecule has 21 heavy (non-hydrogen) atoms. The molecule has 1 fully saturated rings. The zero-order valence-corrected chi connectivity index (χ0v) is 12.1. The molecule has 1 aliphatic carbocycles. The fourth-order valence-corrected chi connectivity index (χ4v) is 2.59. The van der Waals surface area contributed by atoms with Crippen LogP contribution in [-0.4, -0.2) is 34.8 Å². The Labute approximate surface area is 123 Å². The third kappa shape index (κ3) is 2.88. The van der Waals surface area contributed by atoms with Crippen LogP contribution in [0.1, 0.15) is 36.7 Å². The summed E-state index contributed by atoms with van der Waals surface area (Å²) < 4.78 is 5.44. The van der Waals surface area contributed by atoms with E-state index in [-0.39, 0.29) is 5.91 Å². The molecule has 1 heterocycles. The van der Waals surface area contributed by atoms with E-state index in [1.54, 1.807) is 0 Å². The van der Waals surface area contributed by atoms with Crippen molar-refractivity contribution in [3.05, 3.63) is 30.0 Å². The Hall–Kier alpha value is -2.01. The number of fused-ring (bicyclic) bond motifs is 1. The Morgan fingerprint density at radius 2 is 2.24 bits per heavy atom. The van der Waals surface area contributed by atoms with E-state index in [0.717, 1.165) is 35.9 Å². The lowest BCUT2D eigenvalue weighted by Crippen LogP contribution is -2.47. The minimum Gasteiger partial charge on any atom is -0.494 e. The molecular weight excluding hydrogens is 268 g/mol. The van der Waals surface area contributed by atoms with Crippen LogP contribution in [-0.2, 0) is 0 Å². The topological polar surface area (TPSA) is 74.3 Å². The summed E-state index contributed by atoms with van der Waals surface area (Å²) in [7, 11) is 0. The number of carbonyl (C=O) groups is 1. The van der Waals surface area contributed by atoms with Gasteiger partial charge in [-0.15, -0.1) is 0 Å². The molecule has 0 unspecified atom stereocenters. The van der Waals surface area contributed by atoms with Gasteiger partial charge in [0.15, 0.2) is 0 Å². The van der Waals surface area contributed by atoms with E-state index in [1.165, 1.54) is 0 Å². The van der Waals surface area contributed by atoms with Gasteiger partial charge in [0, 0.05) is 23.5 Å². The van der Waals surface area contributed by atoms with Gasteiger partial charge in [-0.25, -0.2) is 0 Å². The van der Waals surface area contributed by atoms with Crippen LogP contribution in [0, 0.1) is 0 Å². The SMILES string of the molecule is CCOc1ccc2cc(C(=O)NCC3(O)CCC3)[nH]c2c1. The zero-order chi connectivity index (χ0) is 14.9. The average molecular weight is 288 g/mol. The molecule has 1 aliphatic rings. The molecule has 0 atom stereocenters. The van der Waals surface area contributed by atoms with Crippen molar-refractivity contribution >= 4 is 16.8 Å². The largest absolute Gasteiger partial charge is 0.494 e. The summed E-state index contributed by atoms with van der Waals surface area (Å²) in [5.41, 5.74) is 0.666. The number of hydrogen-bond donors (Lipinski definition) is 3. The fraction of sp³-hybridized carbons (Fsp3) is 0.438. The number of aromatic amines is 1. The summed E-state index contributed by atoms with van der Waals surface area (Å²) in [6, 6.07) is 7.51. The quantitative estimate of drug-likeness (QED) is 0.789. The highest BCUT2D eigenvalue weighted by atomic mass is 16.5. The van der Waals surface area contributed by atoms with Crippen LogP contribution < -0.4 is 10.1 Å². The Morgan fingerprint density at radius 1 is 1.43 bits per heavy atom. The van der Waals surface area contributed by atoms with Gasteiger partial charge in [0.1, 0.15) is 11.4 Å². The maximum Gasteiger partial charge on any atom is 0.267 e. The molecule has 1 aromatic carbocycles. The van der Waals surface area contributed by atoms with Crippen molar-refractivity contribution in [1.29, 1.82) is 0 Å². The maximum absolute atomic E-state index is 12.1. The monoisotopic (exact) mass is 288 g/mol. The number of H-pyrrole nitrogens is 1. The van der Waals surface area contributed by atoms with Crippen LogP contribution in [0.4, 0.5) is 0 Å². The van der Waals surface area contributed by atoms with E-state index < -0.39 is 5.60 Å². The first-order valence-electron chi connectivity index (χ1n) is 7.36. The lowest BCUT2D eigenvalue weighted by atomic mass is 9.80. The first-order chi connectivity index (χ1) is 10.1. The van der Waals surface area contributed by atoms with Gasteiger partial charge in [0.25, 0.3) is 5.91 Å². The number of carbonyl (C=O) groups excluding carboxylic acids is 1. The number of hydrogen-bond acceptors (Lipinski definition) is 3. The first-order valence-corrected chi connectivity index (χ1v) is 7.36. The number of rotatable bonds is 5. The molecule has 0 radical (unpaired) electrons. The fourth-order valence-electron chi connectivity index (χ4n) is 2.59. The van der Waals surface area contributed by atoms with Gasteiger partial charge in [-0.2, -0.15) is 0 Å². The number of amides is 1. The lowest BCUT2D eigenvalue weighted by molar-refractivity contribution is -0.0300. The van der Waals surface area contributed by atoms with E-state index in [2.05, 4.69) is 10.3 Å². The summed E-state index contributed by atoms with van der Waals surface area (Å²) in [6.07, 6.45) is 2.55. The molecule has 1 amide bonds. The number of aliphatic hydroxyl groups is 1. The smallest absolute Gasteiger partial charge is 0.267 e. The van der Waals surface area contributed by atoms with Gasteiger partial charge >= 0.3 is 0 Å². The van der Waals surface area contributed by atoms with Gasteiger partial charge in [-0.05, 0) is 44.4 Å². The summed E-state index contributed by atoms with van der Waals surface area (Å²) >= 11 is 0. The molecule has 0 saturated heterocycles. The Morgan fingerprint density at radius 3 is 2.90 bits per heavy atom. The van der Waals surface area contributed by atoms with E-state index >= 15 is 0 Å². The van der Waals surface area contributed by atoms with Gasteiger partial charge in [-0.3, -0.25) is 4.79 Å². The van der Waals surface area contributed by atoms with Crippen molar-refractivity contribution < 1.29 is 14.6 Å². The normalized spacial score (nSPS) is 16.5. The highest BCUT2D eigenvalue weighted by Gasteiger charge is 2.34. The second kappa shape index (κ2) is 5.41. The molecule has 0 spiro atoms. The molecule has 1 aromatic heterocycles. The zero-order valence-electron chi connectivity index (χ0n) is 12.1. The summed E-state index contributed by atoms with van der Waals surface area (Å²) in [6.45, 7) is 2.85. The molecule has 3 rings (SSSR count). The standard InChI is InChI=1S/C16H20N2O3/c1-2-21-12-5-4-11-8-14(18-13(11)9-12)15(19)17-10-16(20)6-3-7-16/h4-5,8-9,18,20H,2-3,6-7,10H2,1H3,(H,17,19). The van der Waals surface area contributed by atoms with Crippen LogP contribution in [0.3, 0.4) is 0 Å². The first kappa shape index (κ1) is 13.9. The number of ether oxygens (including phenoxy) is 1. The highest BCUT2D eigenvalue weighted by molar-refractivity contribution is 5.98. The van der Waals surface area contributed by atoms with Gasteiger partial charge in [0.2, 0.25) is 0 Å². The van der Waals surface area contributed by atoms with Gasteiger partial charge in [0.05, 0.1) is 12.2 Å². The van der Waals surface area contributed by atoms with Crippen molar-refractivity contribution in [3.63, 3.8) is 0 Å². The number of benzene rings is 1. The third-order valence-corrected chi connectivity index (χ3v) is 4.01. The number of nitrogens with one attached hydrogen (secondary N) is 2. The molecule has 3 N–H and O–H groups in total. The Kier molecular flexibility index (Phi) is 3.59. The highest BCUT2D eigenvalue weighted by Crippen LogP contribution is 2.30. The molecular formula is C16H20N2O3. The van der Waals surface area contributed by atoms with Crippen molar-refractivity contribution in [2.24, 2.45) is 0 Å². The Bertz CT molecular complexity index is 659. The van der Waals surface area contributed by atoms with Crippen LogP contribution in [0.2, 0.25) is 0 Å². The van der Waals surface area contributed by atoms with Crippen LogP contribution >= 0.6 is 0 Å². The van der Waals surface area contributed by atoms with Crippen LogP contribution in [0.25, 0.3) is 10.9 Å². The molecule has 2 aromatic rings. The number of aromatic nitrogens is 1. The predicted molar refractivity (Wildman–Crippen MR) is 80.6 cm³/mol. The summed E-state index contributed by atoms with van der Waals surface area (Å²) in [4.78, 5) is 15.2. The van der Waals surface area contributed by atoms with Gasteiger partial charge < -0.3 is 20.1 Å². The lowest BCUT2D eigenvalue weighted by Gasteiger charge is -2.36.